The molecule has 1 aromatic carbocycles. The zero-order chi connectivity index (χ0) is 12.5. The molecule has 0 saturated heterocycles. The summed E-state index contributed by atoms with van der Waals surface area (Å²) in [4.78, 5) is 1.50. The lowest BCUT2D eigenvalue weighted by Gasteiger charge is -2.30. The molecule has 2 aromatic rings. The molecule has 5 nitrogen and oxygen atoms in total. The summed E-state index contributed by atoms with van der Waals surface area (Å²) in [7, 11) is 1.78. The molecule has 2 atom stereocenters. The van der Waals surface area contributed by atoms with Crippen LogP contribution >= 0.6 is 0 Å². The van der Waals surface area contributed by atoms with Gasteiger partial charge >= 0.3 is 0 Å². The van der Waals surface area contributed by atoms with Crippen LogP contribution in [0.2, 0.25) is 0 Å². The average Bonchev–Trinajstić information content (AvgIpc) is 2.79. The Labute approximate surface area is 106 Å². The predicted octanol–water partition coefficient (Wildman–Crippen LogP) is 1.01. The normalized spacial score (nSPS) is 22.8. The highest BCUT2D eigenvalue weighted by Crippen LogP contribution is 2.33. The maximum Gasteiger partial charge on any atom is 0.175 e. The predicted molar refractivity (Wildman–Crippen MR) is 67.7 cm³/mol. The van der Waals surface area contributed by atoms with E-state index >= 15 is 0 Å². The molecule has 0 spiro atoms. The Morgan fingerprint density at radius 3 is 3.00 bits per heavy atom. The molecule has 0 saturated carbocycles. The van der Waals surface area contributed by atoms with Crippen LogP contribution in [0.5, 0.6) is 0 Å². The first-order valence-corrected chi connectivity index (χ1v) is 6.30. The highest BCUT2D eigenvalue weighted by molar-refractivity contribution is 5.32. The van der Waals surface area contributed by atoms with Crippen molar-refractivity contribution < 1.29 is 0 Å². The van der Waals surface area contributed by atoms with Crippen LogP contribution < -0.4 is 5.73 Å². The second-order valence-corrected chi connectivity index (χ2v) is 4.92. The molecule has 1 aromatic heterocycles. The van der Waals surface area contributed by atoms with Crippen molar-refractivity contribution in [3.05, 3.63) is 41.2 Å². The summed E-state index contributed by atoms with van der Waals surface area (Å²) < 4.78 is 0. The Morgan fingerprint density at radius 1 is 1.39 bits per heavy atom. The third-order valence-electron chi connectivity index (χ3n) is 3.70. The number of aryl methyl sites for hydroxylation is 2. The smallest absolute Gasteiger partial charge is 0.175 e. The molecule has 18 heavy (non-hydrogen) atoms. The lowest BCUT2D eigenvalue weighted by Crippen LogP contribution is -2.29. The van der Waals surface area contributed by atoms with Gasteiger partial charge < -0.3 is 5.73 Å². The number of rotatable bonds is 2. The van der Waals surface area contributed by atoms with Gasteiger partial charge in [0.2, 0.25) is 0 Å². The van der Waals surface area contributed by atoms with Gasteiger partial charge in [-0.05, 0) is 35.1 Å². The van der Waals surface area contributed by atoms with Crippen molar-refractivity contribution in [1.82, 2.24) is 20.2 Å². The van der Waals surface area contributed by atoms with Gasteiger partial charge in [0.1, 0.15) is 0 Å². The third kappa shape index (κ3) is 2.01. The molecule has 2 N–H and O–H groups in total. The molecule has 1 aliphatic carbocycles. The Hall–Kier alpha value is -1.75. The SMILES string of the molecule is Cn1nnc(CC2CCc3ccccc3C2N)n1. The van der Waals surface area contributed by atoms with Gasteiger partial charge in [0, 0.05) is 12.5 Å². The number of hydrogen-bond donors (Lipinski definition) is 1. The average molecular weight is 243 g/mol. The van der Waals surface area contributed by atoms with E-state index in [1.165, 1.54) is 15.9 Å². The van der Waals surface area contributed by atoms with Gasteiger partial charge in [0.15, 0.2) is 5.82 Å². The molecular weight excluding hydrogens is 226 g/mol. The molecule has 2 unspecified atom stereocenters. The van der Waals surface area contributed by atoms with Crippen LogP contribution in [0.1, 0.15) is 29.4 Å². The summed E-state index contributed by atoms with van der Waals surface area (Å²) in [6.07, 6.45) is 2.99. The van der Waals surface area contributed by atoms with E-state index in [-0.39, 0.29) is 6.04 Å². The van der Waals surface area contributed by atoms with Crippen molar-refractivity contribution in [1.29, 1.82) is 0 Å². The fourth-order valence-electron chi connectivity index (χ4n) is 2.73. The van der Waals surface area contributed by atoms with Crippen LogP contribution in [0.25, 0.3) is 0 Å². The van der Waals surface area contributed by atoms with Gasteiger partial charge in [-0.3, -0.25) is 0 Å². The number of benzene rings is 1. The number of tetrazole rings is 1. The van der Waals surface area contributed by atoms with E-state index in [1.54, 1.807) is 7.05 Å². The topological polar surface area (TPSA) is 69.6 Å². The number of nitrogens with zero attached hydrogens (tertiary/aromatic N) is 4. The largest absolute Gasteiger partial charge is 0.324 e. The van der Waals surface area contributed by atoms with Crippen molar-refractivity contribution >= 4 is 0 Å². The molecule has 0 radical (unpaired) electrons. The molecule has 3 rings (SSSR count). The van der Waals surface area contributed by atoms with Gasteiger partial charge in [0.25, 0.3) is 0 Å². The highest BCUT2D eigenvalue weighted by atomic mass is 15.6. The van der Waals surface area contributed by atoms with E-state index in [0.29, 0.717) is 5.92 Å². The molecule has 0 amide bonds. The highest BCUT2D eigenvalue weighted by Gasteiger charge is 2.27. The van der Waals surface area contributed by atoms with Gasteiger partial charge in [-0.15, -0.1) is 10.2 Å². The molecule has 0 aliphatic heterocycles. The molecule has 94 valence electrons. The monoisotopic (exact) mass is 243 g/mol. The van der Waals surface area contributed by atoms with E-state index in [0.717, 1.165) is 25.1 Å². The van der Waals surface area contributed by atoms with Crippen LogP contribution in [0, 0.1) is 5.92 Å². The number of hydrogen-bond acceptors (Lipinski definition) is 4. The first-order chi connectivity index (χ1) is 8.74. The molecular formula is C13H17N5. The summed E-state index contributed by atoms with van der Waals surface area (Å²) in [5, 5.41) is 12.1. The summed E-state index contributed by atoms with van der Waals surface area (Å²) >= 11 is 0. The van der Waals surface area contributed by atoms with E-state index in [4.69, 9.17) is 5.73 Å². The van der Waals surface area contributed by atoms with Gasteiger partial charge in [-0.1, -0.05) is 24.3 Å². The Kier molecular flexibility index (Phi) is 2.83. The number of nitrogens with two attached hydrogens (primary N) is 1. The fourth-order valence-corrected chi connectivity index (χ4v) is 2.73. The van der Waals surface area contributed by atoms with Crippen molar-refractivity contribution in [2.24, 2.45) is 18.7 Å². The van der Waals surface area contributed by atoms with Crippen LogP contribution in [0.4, 0.5) is 0 Å². The zero-order valence-corrected chi connectivity index (χ0v) is 10.5. The van der Waals surface area contributed by atoms with Crippen LogP contribution in [-0.4, -0.2) is 20.2 Å². The second-order valence-electron chi connectivity index (χ2n) is 4.92. The minimum absolute atomic E-state index is 0.0822. The molecule has 0 bridgehead atoms. The summed E-state index contributed by atoms with van der Waals surface area (Å²) in [5.41, 5.74) is 9.02. The lowest BCUT2D eigenvalue weighted by atomic mass is 9.78. The van der Waals surface area contributed by atoms with Gasteiger partial charge in [0.05, 0.1) is 7.05 Å². The van der Waals surface area contributed by atoms with Gasteiger partial charge in [-0.25, -0.2) is 0 Å². The third-order valence-corrected chi connectivity index (χ3v) is 3.70. The quantitative estimate of drug-likeness (QED) is 0.854. The molecule has 1 aliphatic rings. The van der Waals surface area contributed by atoms with E-state index in [1.807, 2.05) is 0 Å². The maximum absolute atomic E-state index is 6.36. The molecule has 0 fully saturated rings. The van der Waals surface area contributed by atoms with Gasteiger partial charge in [-0.2, -0.15) is 4.80 Å². The Balaban J connectivity index is 1.80. The first-order valence-electron chi connectivity index (χ1n) is 6.30. The van der Waals surface area contributed by atoms with Crippen molar-refractivity contribution in [2.45, 2.75) is 25.3 Å². The standard InChI is InChI=1S/C13H17N5/c1-18-16-12(15-17-18)8-10-7-6-9-4-2-3-5-11(9)13(10)14/h2-5,10,13H,6-8,14H2,1H3. The van der Waals surface area contributed by atoms with E-state index < -0.39 is 0 Å². The fraction of sp³-hybridized carbons (Fsp3) is 0.462. The van der Waals surface area contributed by atoms with Crippen molar-refractivity contribution in [3.8, 4) is 0 Å². The summed E-state index contributed by atoms with van der Waals surface area (Å²) in [5.74, 6) is 1.20. The minimum atomic E-state index is 0.0822. The summed E-state index contributed by atoms with van der Waals surface area (Å²) in [6.45, 7) is 0. The number of fused-ring (bicyclic) bond motifs is 1. The van der Waals surface area contributed by atoms with Crippen molar-refractivity contribution in [2.75, 3.05) is 0 Å². The molecule has 1 heterocycles. The second kappa shape index (κ2) is 4.49. The lowest BCUT2D eigenvalue weighted by molar-refractivity contribution is 0.369. The zero-order valence-electron chi connectivity index (χ0n) is 10.5. The Bertz CT molecular complexity index is 548. The van der Waals surface area contributed by atoms with E-state index in [2.05, 4.69) is 39.7 Å². The minimum Gasteiger partial charge on any atom is -0.324 e. The Morgan fingerprint density at radius 2 is 2.22 bits per heavy atom. The first kappa shape index (κ1) is 11.3. The molecule has 5 heteroatoms. The van der Waals surface area contributed by atoms with Crippen molar-refractivity contribution in [3.63, 3.8) is 0 Å². The number of aromatic nitrogens is 4. The van der Waals surface area contributed by atoms with Crippen LogP contribution in [0.15, 0.2) is 24.3 Å². The van der Waals surface area contributed by atoms with Crippen LogP contribution in [0.3, 0.4) is 0 Å². The van der Waals surface area contributed by atoms with Crippen LogP contribution in [-0.2, 0) is 19.9 Å². The maximum atomic E-state index is 6.36. The van der Waals surface area contributed by atoms with E-state index in [9.17, 15) is 0 Å². The summed E-state index contributed by atoms with van der Waals surface area (Å²) in [6, 6.07) is 8.53.